The Morgan fingerprint density at radius 2 is 2.04 bits per heavy atom. The van der Waals surface area contributed by atoms with Gasteiger partial charge in [0.1, 0.15) is 5.75 Å². The molecule has 1 aromatic heterocycles. The highest BCUT2D eigenvalue weighted by Crippen LogP contribution is 2.10. The Kier molecular flexibility index (Phi) is 5.24. The number of hydrogen-bond acceptors (Lipinski definition) is 6. The standard InChI is InChI=1S/C16H20N6O3/c1-2-25-13-5-3-12(4-6-13)11-18-22-16(24)14(19-20-22)15(23)21-9-7-17-8-10-21/h3-6,11,17,20H,2,7-10H2,1H3. The number of rotatable bonds is 5. The molecule has 1 fully saturated rings. The van der Waals surface area contributed by atoms with Crippen molar-refractivity contribution in [2.75, 3.05) is 32.8 Å². The number of nitrogens with zero attached hydrogens (tertiary/aromatic N) is 4. The molecule has 0 radical (unpaired) electrons. The van der Waals surface area contributed by atoms with Gasteiger partial charge in [0.2, 0.25) is 5.69 Å². The number of H-pyrrole nitrogens is 1. The van der Waals surface area contributed by atoms with Crippen molar-refractivity contribution in [3.8, 4) is 5.75 Å². The van der Waals surface area contributed by atoms with Crippen LogP contribution >= 0.6 is 0 Å². The van der Waals surface area contributed by atoms with Gasteiger partial charge < -0.3 is 15.0 Å². The zero-order valence-corrected chi connectivity index (χ0v) is 13.9. The van der Waals surface area contributed by atoms with Gasteiger partial charge >= 0.3 is 5.56 Å². The normalized spacial score (nSPS) is 14.8. The molecule has 1 saturated heterocycles. The molecule has 2 N–H and O–H groups in total. The SMILES string of the molecule is CCOc1ccc(C=Nn2[nH]nc(C(=O)N3CCNCC3)c2=O)cc1. The lowest BCUT2D eigenvalue weighted by Gasteiger charge is -2.26. The molecule has 9 heteroatoms. The molecule has 3 rings (SSSR count). The smallest absolute Gasteiger partial charge is 0.320 e. The van der Waals surface area contributed by atoms with Gasteiger partial charge in [0.15, 0.2) is 0 Å². The predicted octanol–water partition coefficient (Wildman–Crippen LogP) is -0.102. The zero-order valence-electron chi connectivity index (χ0n) is 13.9. The Labute approximate surface area is 144 Å². The quantitative estimate of drug-likeness (QED) is 0.737. The highest BCUT2D eigenvalue weighted by Gasteiger charge is 2.24. The number of hydrogen-bond donors (Lipinski definition) is 2. The number of carbonyl (C=O) groups is 1. The molecule has 2 heterocycles. The van der Waals surface area contributed by atoms with Crippen LogP contribution in [0.1, 0.15) is 23.0 Å². The second kappa shape index (κ2) is 7.75. The second-order valence-electron chi connectivity index (χ2n) is 5.47. The van der Waals surface area contributed by atoms with Gasteiger partial charge in [-0.05, 0) is 36.8 Å². The molecule has 132 valence electrons. The van der Waals surface area contributed by atoms with Crippen molar-refractivity contribution in [3.63, 3.8) is 0 Å². The minimum atomic E-state index is -0.564. The summed E-state index contributed by atoms with van der Waals surface area (Å²) in [5.41, 5.74) is 0.0800. The number of piperazine rings is 1. The van der Waals surface area contributed by atoms with E-state index in [1.54, 1.807) is 4.90 Å². The van der Waals surface area contributed by atoms with Crippen molar-refractivity contribution in [1.29, 1.82) is 0 Å². The summed E-state index contributed by atoms with van der Waals surface area (Å²) in [5, 5.41) is 13.5. The lowest BCUT2D eigenvalue weighted by atomic mass is 10.2. The first kappa shape index (κ1) is 16.9. The number of benzene rings is 1. The Morgan fingerprint density at radius 3 is 2.72 bits per heavy atom. The zero-order chi connectivity index (χ0) is 17.6. The van der Waals surface area contributed by atoms with E-state index in [-0.39, 0.29) is 11.6 Å². The molecule has 1 aromatic carbocycles. The Bertz CT molecular complexity index is 802. The fourth-order valence-electron chi connectivity index (χ4n) is 2.47. The maximum atomic E-state index is 12.3. The topological polar surface area (TPSA) is 105 Å². The van der Waals surface area contributed by atoms with Gasteiger partial charge in [-0.25, -0.2) is 0 Å². The van der Waals surface area contributed by atoms with Crippen molar-refractivity contribution >= 4 is 12.1 Å². The van der Waals surface area contributed by atoms with Crippen LogP contribution in [0.3, 0.4) is 0 Å². The van der Waals surface area contributed by atoms with E-state index in [1.165, 1.54) is 6.21 Å². The van der Waals surface area contributed by atoms with Crippen molar-refractivity contribution in [2.24, 2.45) is 5.10 Å². The van der Waals surface area contributed by atoms with E-state index < -0.39 is 5.56 Å². The Hall–Kier alpha value is -2.94. The minimum absolute atomic E-state index is 0.147. The molecule has 0 spiro atoms. The molecule has 25 heavy (non-hydrogen) atoms. The molecule has 0 unspecified atom stereocenters. The second-order valence-corrected chi connectivity index (χ2v) is 5.47. The molecule has 0 atom stereocenters. The third-order valence-corrected chi connectivity index (χ3v) is 3.77. The van der Waals surface area contributed by atoms with Crippen LogP contribution in [0.5, 0.6) is 5.75 Å². The molecular formula is C16H20N6O3. The third-order valence-electron chi connectivity index (χ3n) is 3.77. The number of ether oxygens (including phenoxy) is 1. The molecule has 9 nitrogen and oxygen atoms in total. The van der Waals surface area contributed by atoms with Gasteiger partial charge in [0.25, 0.3) is 5.91 Å². The number of amides is 1. The summed E-state index contributed by atoms with van der Waals surface area (Å²) in [4.78, 5) is 27.2. The average Bonchev–Trinajstić information content (AvgIpc) is 3.02. The van der Waals surface area contributed by atoms with Gasteiger partial charge in [0, 0.05) is 26.2 Å². The summed E-state index contributed by atoms with van der Waals surface area (Å²) in [5.74, 6) is 0.389. The van der Waals surface area contributed by atoms with E-state index in [0.717, 1.165) is 16.1 Å². The fraction of sp³-hybridized carbons (Fsp3) is 0.375. The van der Waals surface area contributed by atoms with Crippen LogP contribution in [-0.4, -0.2) is 64.9 Å². The molecule has 1 aliphatic heterocycles. The monoisotopic (exact) mass is 344 g/mol. The lowest BCUT2D eigenvalue weighted by Crippen LogP contribution is -2.47. The third kappa shape index (κ3) is 3.94. The Morgan fingerprint density at radius 1 is 1.32 bits per heavy atom. The fourth-order valence-corrected chi connectivity index (χ4v) is 2.47. The van der Waals surface area contributed by atoms with Crippen LogP contribution < -0.4 is 15.6 Å². The molecular weight excluding hydrogens is 324 g/mol. The summed E-state index contributed by atoms with van der Waals surface area (Å²) in [6, 6.07) is 7.28. The number of aromatic nitrogens is 3. The van der Waals surface area contributed by atoms with E-state index in [9.17, 15) is 9.59 Å². The van der Waals surface area contributed by atoms with Crippen molar-refractivity contribution in [2.45, 2.75) is 6.92 Å². The molecule has 0 aliphatic carbocycles. The largest absolute Gasteiger partial charge is 0.494 e. The van der Waals surface area contributed by atoms with E-state index in [2.05, 4.69) is 20.7 Å². The number of aromatic amines is 1. The summed E-state index contributed by atoms with van der Waals surface area (Å²) < 4.78 is 5.37. The van der Waals surface area contributed by atoms with Crippen LogP contribution in [-0.2, 0) is 0 Å². The highest BCUT2D eigenvalue weighted by atomic mass is 16.5. The predicted molar refractivity (Wildman–Crippen MR) is 92.2 cm³/mol. The van der Waals surface area contributed by atoms with Crippen molar-refractivity contribution in [1.82, 2.24) is 25.3 Å². The first-order valence-electron chi connectivity index (χ1n) is 8.13. The first-order valence-corrected chi connectivity index (χ1v) is 8.13. The Balaban J connectivity index is 1.72. The lowest BCUT2D eigenvalue weighted by molar-refractivity contribution is 0.0728. The van der Waals surface area contributed by atoms with Crippen LogP contribution in [0.2, 0.25) is 0 Å². The van der Waals surface area contributed by atoms with Crippen LogP contribution in [0.15, 0.2) is 34.2 Å². The molecule has 0 bridgehead atoms. The summed E-state index contributed by atoms with van der Waals surface area (Å²) in [6.45, 7) is 5.04. The van der Waals surface area contributed by atoms with Crippen LogP contribution in [0, 0.1) is 0 Å². The van der Waals surface area contributed by atoms with Gasteiger partial charge in [-0.3, -0.25) is 9.59 Å². The van der Waals surface area contributed by atoms with Crippen LogP contribution in [0.25, 0.3) is 0 Å². The van der Waals surface area contributed by atoms with Gasteiger partial charge in [0.05, 0.1) is 12.8 Å². The van der Waals surface area contributed by atoms with E-state index in [0.29, 0.717) is 32.8 Å². The summed E-state index contributed by atoms with van der Waals surface area (Å²) >= 11 is 0. The van der Waals surface area contributed by atoms with Gasteiger partial charge in [-0.1, -0.05) is 0 Å². The first-order chi connectivity index (χ1) is 12.2. The van der Waals surface area contributed by atoms with Gasteiger partial charge in [-0.2, -0.15) is 10.3 Å². The maximum absolute atomic E-state index is 12.3. The number of nitrogens with one attached hydrogen (secondary N) is 2. The van der Waals surface area contributed by atoms with E-state index in [1.807, 2.05) is 31.2 Å². The van der Waals surface area contributed by atoms with E-state index in [4.69, 9.17) is 4.74 Å². The van der Waals surface area contributed by atoms with E-state index >= 15 is 0 Å². The van der Waals surface area contributed by atoms with Crippen molar-refractivity contribution in [3.05, 3.63) is 45.9 Å². The molecule has 1 amide bonds. The molecule has 0 saturated carbocycles. The van der Waals surface area contributed by atoms with Crippen molar-refractivity contribution < 1.29 is 9.53 Å². The number of carbonyl (C=O) groups excluding carboxylic acids is 1. The molecule has 1 aliphatic rings. The van der Waals surface area contributed by atoms with Gasteiger partial charge in [-0.15, -0.1) is 9.89 Å². The van der Waals surface area contributed by atoms with Crippen LogP contribution in [0.4, 0.5) is 0 Å². The minimum Gasteiger partial charge on any atom is -0.494 e. The average molecular weight is 344 g/mol. The molecule has 2 aromatic rings. The summed E-state index contributed by atoms with van der Waals surface area (Å²) in [6.07, 6.45) is 1.51. The summed E-state index contributed by atoms with van der Waals surface area (Å²) in [7, 11) is 0. The highest BCUT2D eigenvalue weighted by molar-refractivity contribution is 5.92. The maximum Gasteiger partial charge on any atom is 0.320 e.